The number of methoxy groups -OCH3 is 2. The molecule has 8 heteroatoms. The predicted molar refractivity (Wildman–Crippen MR) is 104 cm³/mol. The van der Waals surface area contributed by atoms with E-state index in [1.54, 1.807) is 26.8 Å². The first-order valence-corrected chi connectivity index (χ1v) is 8.89. The molecule has 2 unspecified atom stereocenters. The Labute approximate surface area is 164 Å². The summed E-state index contributed by atoms with van der Waals surface area (Å²) >= 11 is 0. The Kier molecular flexibility index (Phi) is 7.17. The lowest BCUT2D eigenvalue weighted by Crippen LogP contribution is -2.38. The van der Waals surface area contributed by atoms with Gasteiger partial charge >= 0.3 is 12.1 Å². The maximum atomic E-state index is 12.4. The molecule has 2 aromatic rings. The Hall–Kier alpha value is -2.87. The number of carbonyl (C=O) groups excluding carboxylic acids is 1. The lowest BCUT2D eigenvalue weighted by molar-refractivity contribution is 0.0487. The van der Waals surface area contributed by atoms with Crippen molar-refractivity contribution in [2.45, 2.75) is 38.3 Å². The molecule has 0 saturated heterocycles. The number of amides is 1. The quantitative estimate of drug-likeness (QED) is 0.750. The summed E-state index contributed by atoms with van der Waals surface area (Å²) in [6.07, 6.45) is -0.590. The van der Waals surface area contributed by atoms with Crippen molar-refractivity contribution < 1.29 is 24.1 Å². The van der Waals surface area contributed by atoms with Gasteiger partial charge in [-0.1, -0.05) is 30.3 Å². The Morgan fingerprint density at radius 2 is 1.82 bits per heavy atom. The molecule has 1 aromatic carbocycles. The maximum Gasteiger partial charge on any atom is 0.408 e. The Morgan fingerprint density at radius 1 is 1.14 bits per heavy atom. The smallest absolute Gasteiger partial charge is 0.408 e. The number of ether oxygens (including phenoxy) is 3. The highest BCUT2D eigenvalue weighted by atomic mass is 16.6. The summed E-state index contributed by atoms with van der Waals surface area (Å²) in [5, 5.41) is 13.0. The lowest BCUT2D eigenvalue weighted by atomic mass is 9.90. The Bertz CT molecular complexity index is 755. The van der Waals surface area contributed by atoms with Crippen molar-refractivity contribution in [3.05, 3.63) is 47.7 Å². The van der Waals surface area contributed by atoms with E-state index in [2.05, 4.69) is 15.3 Å². The van der Waals surface area contributed by atoms with Crippen molar-refractivity contribution in [1.82, 2.24) is 15.3 Å². The second kappa shape index (κ2) is 9.36. The number of aromatic nitrogens is 2. The second-order valence-corrected chi connectivity index (χ2v) is 7.15. The molecule has 1 heterocycles. The van der Waals surface area contributed by atoms with E-state index in [4.69, 9.17) is 14.2 Å². The van der Waals surface area contributed by atoms with E-state index in [1.165, 1.54) is 14.2 Å². The van der Waals surface area contributed by atoms with E-state index in [0.717, 1.165) is 5.56 Å². The van der Waals surface area contributed by atoms with Crippen LogP contribution in [0, 0.1) is 0 Å². The van der Waals surface area contributed by atoms with Gasteiger partial charge in [-0.25, -0.2) is 4.79 Å². The van der Waals surface area contributed by atoms with Gasteiger partial charge in [-0.15, -0.1) is 0 Å². The number of benzene rings is 1. The number of alkyl carbamates (subject to hydrolysis) is 1. The molecule has 0 saturated carbocycles. The van der Waals surface area contributed by atoms with Gasteiger partial charge in [0, 0.05) is 12.0 Å². The molecular weight excluding hydrogens is 362 g/mol. The molecule has 1 amide bonds. The van der Waals surface area contributed by atoms with Crippen molar-refractivity contribution in [2.24, 2.45) is 0 Å². The topological polar surface area (TPSA) is 103 Å². The molecule has 28 heavy (non-hydrogen) atoms. The molecule has 2 atom stereocenters. The zero-order valence-corrected chi connectivity index (χ0v) is 16.8. The van der Waals surface area contributed by atoms with Crippen LogP contribution in [0.2, 0.25) is 0 Å². The van der Waals surface area contributed by atoms with Gasteiger partial charge in [0.25, 0.3) is 0 Å². The van der Waals surface area contributed by atoms with Crippen molar-refractivity contribution in [1.29, 1.82) is 0 Å². The Morgan fingerprint density at radius 3 is 2.36 bits per heavy atom. The van der Waals surface area contributed by atoms with E-state index in [0.29, 0.717) is 11.6 Å². The van der Waals surface area contributed by atoms with Crippen LogP contribution in [-0.2, 0) is 4.74 Å². The fourth-order valence-electron chi connectivity index (χ4n) is 2.69. The van der Waals surface area contributed by atoms with Crippen LogP contribution in [0.25, 0.3) is 0 Å². The number of rotatable bonds is 7. The summed E-state index contributed by atoms with van der Waals surface area (Å²) < 4.78 is 15.7. The van der Waals surface area contributed by atoms with Crippen LogP contribution in [0.15, 0.2) is 36.4 Å². The second-order valence-electron chi connectivity index (χ2n) is 7.15. The molecular formula is C20H27N3O5. The Balaban J connectivity index is 2.44. The summed E-state index contributed by atoms with van der Waals surface area (Å²) in [4.78, 5) is 20.9. The van der Waals surface area contributed by atoms with Crippen LogP contribution in [0.1, 0.15) is 44.0 Å². The molecule has 8 nitrogen and oxygen atoms in total. The maximum absolute atomic E-state index is 12.4. The largest absolute Gasteiger partial charge is 0.481 e. The number of carbonyl (C=O) groups is 1. The van der Waals surface area contributed by atoms with E-state index in [9.17, 15) is 9.90 Å². The lowest BCUT2D eigenvalue weighted by Gasteiger charge is -2.28. The van der Waals surface area contributed by atoms with Crippen LogP contribution in [-0.4, -0.2) is 47.6 Å². The average Bonchev–Trinajstić information content (AvgIpc) is 2.66. The zero-order chi connectivity index (χ0) is 20.7. The van der Waals surface area contributed by atoms with Gasteiger partial charge < -0.3 is 24.6 Å². The van der Waals surface area contributed by atoms with Crippen molar-refractivity contribution in [2.75, 3.05) is 20.8 Å². The monoisotopic (exact) mass is 389 g/mol. The molecule has 2 rings (SSSR count). The fourth-order valence-corrected chi connectivity index (χ4v) is 2.69. The third-order valence-corrected chi connectivity index (χ3v) is 3.90. The number of hydrogen-bond acceptors (Lipinski definition) is 7. The van der Waals surface area contributed by atoms with E-state index >= 15 is 0 Å². The standard InChI is InChI=1S/C20H27N3O5/c1-20(2,3)28-19(25)23-17(13-9-7-6-8-10-13)14(12-24)15-11-16(26-4)22-18(21-15)27-5/h6-11,14,17,24H,12H2,1-5H3,(H,23,25). The molecule has 0 bridgehead atoms. The van der Waals surface area contributed by atoms with Crippen molar-refractivity contribution in [3.8, 4) is 11.9 Å². The molecule has 0 aliphatic carbocycles. The van der Waals surface area contributed by atoms with Gasteiger partial charge in [0.15, 0.2) is 0 Å². The SMILES string of the molecule is COc1cc(C(CO)C(NC(=O)OC(C)(C)C)c2ccccc2)nc(OC)n1. The molecule has 0 radical (unpaired) electrons. The number of aliphatic hydroxyl groups is 1. The molecule has 0 fully saturated rings. The van der Waals surface area contributed by atoms with Gasteiger partial charge in [0.2, 0.25) is 5.88 Å². The van der Waals surface area contributed by atoms with Crippen LogP contribution in [0.4, 0.5) is 4.79 Å². The molecule has 152 valence electrons. The first kappa shape index (κ1) is 21.4. The average molecular weight is 389 g/mol. The number of nitrogens with zero attached hydrogens (tertiary/aromatic N) is 2. The number of nitrogens with one attached hydrogen (secondary N) is 1. The summed E-state index contributed by atoms with van der Waals surface area (Å²) in [5.74, 6) is -0.287. The normalized spacial score (nSPS) is 13.4. The van der Waals surface area contributed by atoms with Gasteiger partial charge in [-0.2, -0.15) is 9.97 Å². The summed E-state index contributed by atoms with van der Waals surface area (Å²) in [6, 6.07) is 10.4. The summed E-state index contributed by atoms with van der Waals surface area (Å²) in [6.45, 7) is 5.08. The van der Waals surface area contributed by atoms with Gasteiger partial charge in [0.05, 0.1) is 32.6 Å². The van der Waals surface area contributed by atoms with Crippen LogP contribution >= 0.6 is 0 Å². The highest BCUT2D eigenvalue weighted by Gasteiger charge is 2.30. The fraction of sp³-hybridized carbons (Fsp3) is 0.450. The van der Waals surface area contributed by atoms with Crippen LogP contribution < -0.4 is 14.8 Å². The minimum absolute atomic E-state index is 0.108. The van der Waals surface area contributed by atoms with Crippen molar-refractivity contribution in [3.63, 3.8) is 0 Å². The molecule has 0 aliphatic rings. The summed E-state index contributed by atoms with van der Waals surface area (Å²) in [7, 11) is 2.92. The number of hydrogen-bond donors (Lipinski definition) is 2. The molecule has 1 aromatic heterocycles. The third-order valence-electron chi connectivity index (χ3n) is 3.90. The minimum Gasteiger partial charge on any atom is -0.481 e. The van der Waals surface area contributed by atoms with E-state index in [-0.39, 0.29) is 12.6 Å². The van der Waals surface area contributed by atoms with E-state index < -0.39 is 23.7 Å². The van der Waals surface area contributed by atoms with Gasteiger partial charge in [-0.05, 0) is 26.3 Å². The zero-order valence-electron chi connectivity index (χ0n) is 16.8. The van der Waals surface area contributed by atoms with Crippen molar-refractivity contribution >= 4 is 6.09 Å². The minimum atomic E-state index is -0.651. The summed E-state index contributed by atoms with van der Waals surface area (Å²) in [5.41, 5.74) is 0.613. The van der Waals surface area contributed by atoms with E-state index in [1.807, 2.05) is 30.3 Å². The third kappa shape index (κ3) is 5.82. The molecule has 0 spiro atoms. The predicted octanol–water partition coefficient (Wildman–Crippen LogP) is 2.84. The molecule has 2 N–H and O–H groups in total. The first-order chi connectivity index (χ1) is 13.3. The van der Waals surface area contributed by atoms with Crippen LogP contribution in [0.3, 0.4) is 0 Å². The first-order valence-electron chi connectivity index (χ1n) is 8.89. The van der Waals surface area contributed by atoms with Gasteiger partial charge in [-0.3, -0.25) is 0 Å². The number of aliphatic hydroxyl groups excluding tert-OH is 1. The highest BCUT2D eigenvalue weighted by molar-refractivity contribution is 5.68. The van der Waals surface area contributed by atoms with Crippen LogP contribution in [0.5, 0.6) is 11.9 Å². The molecule has 0 aliphatic heterocycles. The highest BCUT2D eigenvalue weighted by Crippen LogP contribution is 2.32. The van der Waals surface area contributed by atoms with Gasteiger partial charge in [0.1, 0.15) is 5.60 Å².